The second kappa shape index (κ2) is 7.30. The summed E-state index contributed by atoms with van der Waals surface area (Å²) in [5, 5.41) is 7.57. The van der Waals surface area contributed by atoms with Gasteiger partial charge < -0.3 is 9.55 Å². The third-order valence-electron chi connectivity index (χ3n) is 7.40. The van der Waals surface area contributed by atoms with E-state index in [-0.39, 0.29) is 0 Å². The minimum Gasteiger partial charge on any atom is -0.354 e. The average Bonchev–Trinajstić information content (AvgIpc) is 3.48. The standard InChI is InChI=1S/C33H21N3/c1-2-11-26-23(9-1)28(21-15-16-25-24-10-3-5-13-29(24)35-30(25)18-21)19-32-33(26)27-12-4-6-14-31(27)36(32)22-8-7-17-34-20-22/h1-20,35H. The van der Waals surface area contributed by atoms with Gasteiger partial charge in [-0.15, -0.1) is 0 Å². The molecule has 3 heteroatoms. The number of aromatic amines is 1. The van der Waals surface area contributed by atoms with E-state index in [1.165, 1.54) is 60.0 Å². The Bertz CT molecular complexity index is 2100. The maximum Gasteiger partial charge on any atom is 0.0645 e. The maximum absolute atomic E-state index is 4.43. The molecular formula is C33H21N3. The van der Waals surface area contributed by atoms with Crippen LogP contribution in [0.3, 0.4) is 0 Å². The Morgan fingerprint density at radius 3 is 2.17 bits per heavy atom. The van der Waals surface area contributed by atoms with Crippen LogP contribution < -0.4 is 0 Å². The van der Waals surface area contributed by atoms with Gasteiger partial charge in [-0.25, -0.2) is 0 Å². The topological polar surface area (TPSA) is 33.6 Å². The zero-order valence-electron chi connectivity index (χ0n) is 19.4. The van der Waals surface area contributed by atoms with Gasteiger partial charge in [-0.1, -0.05) is 72.8 Å². The van der Waals surface area contributed by atoms with E-state index in [1.54, 1.807) is 0 Å². The van der Waals surface area contributed by atoms with Gasteiger partial charge in [0.2, 0.25) is 0 Å². The van der Waals surface area contributed by atoms with Crippen LogP contribution in [0.5, 0.6) is 0 Å². The number of H-pyrrole nitrogens is 1. The third kappa shape index (κ3) is 2.65. The highest BCUT2D eigenvalue weighted by atomic mass is 15.0. The van der Waals surface area contributed by atoms with E-state index in [1.807, 2.05) is 18.5 Å². The molecule has 3 aromatic heterocycles. The number of rotatable bonds is 2. The zero-order valence-corrected chi connectivity index (χ0v) is 19.4. The molecule has 0 atom stereocenters. The van der Waals surface area contributed by atoms with Crippen LogP contribution >= 0.6 is 0 Å². The summed E-state index contributed by atoms with van der Waals surface area (Å²) in [6, 6.07) is 39.2. The number of pyridine rings is 1. The predicted octanol–water partition coefficient (Wildman–Crippen LogP) is 8.63. The molecule has 0 aliphatic carbocycles. The summed E-state index contributed by atoms with van der Waals surface area (Å²) in [5.74, 6) is 0. The van der Waals surface area contributed by atoms with Gasteiger partial charge in [0.1, 0.15) is 0 Å². The summed E-state index contributed by atoms with van der Waals surface area (Å²) < 4.78 is 2.34. The highest BCUT2D eigenvalue weighted by Gasteiger charge is 2.18. The summed E-state index contributed by atoms with van der Waals surface area (Å²) in [6.07, 6.45) is 3.77. The van der Waals surface area contributed by atoms with Gasteiger partial charge in [0, 0.05) is 38.8 Å². The van der Waals surface area contributed by atoms with Gasteiger partial charge in [-0.3, -0.25) is 4.98 Å². The van der Waals surface area contributed by atoms with Gasteiger partial charge in [0.05, 0.1) is 22.9 Å². The lowest BCUT2D eigenvalue weighted by Gasteiger charge is -2.12. The Balaban J connectivity index is 1.51. The first kappa shape index (κ1) is 19.4. The molecule has 0 aliphatic rings. The Hall–Kier alpha value is -4.89. The van der Waals surface area contributed by atoms with Crippen molar-refractivity contribution < 1.29 is 0 Å². The largest absolute Gasteiger partial charge is 0.354 e. The SMILES string of the molecule is c1cncc(-n2c3ccccc3c3c4ccccc4c(-c4ccc5c(c4)[nH]c4ccccc45)cc32)c1. The molecule has 0 radical (unpaired) electrons. The van der Waals surface area contributed by atoms with Crippen molar-refractivity contribution in [3.63, 3.8) is 0 Å². The van der Waals surface area contributed by atoms with Gasteiger partial charge in [0.25, 0.3) is 0 Å². The van der Waals surface area contributed by atoms with Crippen molar-refractivity contribution in [1.82, 2.24) is 14.5 Å². The quantitative estimate of drug-likeness (QED) is 0.276. The van der Waals surface area contributed by atoms with Crippen molar-refractivity contribution in [1.29, 1.82) is 0 Å². The Labute approximate surface area is 207 Å². The van der Waals surface area contributed by atoms with E-state index in [9.17, 15) is 0 Å². The van der Waals surface area contributed by atoms with Crippen molar-refractivity contribution in [2.75, 3.05) is 0 Å². The molecule has 0 saturated heterocycles. The number of aromatic nitrogens is 3. The number of nitrogens with zero attached hydrogens (tertiary/aromatic N) is 2. The van der Waals surface area contributed by atoms with Gasteiger partial charge in [-0.2, -0.15) is 0 Å². The highest BCUT2D eigenvalue weighted by Crippen LogP contribution is 2.42. The fraction of sp³-hybridized carbons (Fsp3) is 0. The van der Waals surface area contributed by atoms with E-state index in [0.717, 1.165) is 11.2 Å². The molecule has 3 heterocycles. The molecule has 1 N–H and O–H groups in total. The Morgan fingerprint density at radius 2 is 1.31 bits per heavy atom. The van der Waals surface area contributed by atoms with Gasteiger partial charge >= 0.3 is 0 Å². The maximum atomic E-state index is 4.43. The van der Waals surface area contributed by atoms with Crippen LogP contribution in [-0.2, 0) is 0 Å². The number of hydrogen-bond acceptors (Lipinski definition) is 1. The van der Waals surface area contributed by atoms with Crippen molar-refractivity contribution in [2.45, 2.75) is 0 Å². The molecule has 8 aromatic rings. The molecule has 0 saturated carbocycles. The van der Waals surface area contributed by atoms with Crippen LogP contribution in [0.2, 0.25) is 0 Å². The molecule has 36 heavy (non-hydrogen) atoms. The van der Waals surface area contributed by atoms with E-state index < -0.39 is 0 Å². The average molecular weight is 460 g/mol. The van der Waals surface area contributed by atoms with Crippen LogP contribution in [0.4, 0.5) is 0 Å². The van der Waals surface area contributed by atoms with Crippen LogP contribution in [0, 0.1) is 0 Å². The summed E-state index contributed by atoms with van der Waals surface area (Å²) in [5.41, 5.74) is 8.20. The molecule has 168 valence electrons. The minimum absolute atomic E-state index is 1.07. The lowest BCUT2D eigenvalue weighted by Crippen LogP contribution is -1.94. The first-order chi connectivity index (χ1) is 17.9. The molecular weight excluding hydrogens is 438 g/mol. The molecule has 0 unspecified atom stereocenters. The van der Waals surface area contributed by atoms with E-state index in [4.69, 9.17) is 0 Å². The normalized spacial score (nSPS) is 11.9. The third-order valence-corrected chi connectivity index (χ3v) is 7.40. The lowest BCUT2D eigenvalue weighted by molar-refractivity contribution is 1.14. The van der Waals surface area contributed by atoms with Crippen LogP contribution in [0.1, 0.15) is 0 Å². The van der Waals surface area contributed by atoms with E-state index in [2.05, 4.69) is 118 Å². The van der Waals surface area contributed by atoms with Crippen LogP contribution in [-0.4, -0.2) is 14.5 Å². The number of nitrogens with one attached hydrogen (secondary N) is 1. The minimum atomic E-state index is 1.07. The smallest absolute Gasteiger partial charge is 0.0645 e. The molecule has 8 rings (SSSR count). The van der Waals surface area contributed by atoms with E-state index >= 15 is 0 Å². The second-order valence-corrected chi connectivity index (χ2v) is 9.36. The summed E-state index contributed by atoms with van der Waals surface area (Å²) in [7, 11) is 0. The first-order valence-electron chi connectivity index (χ1n) is 12.2. The van der Waals surface area contributed by atoms with Crippen LogP contribution in [0.25, 0.3) is 71.2 Å². The summed E-state index contributed by atoms with van der Waals surface area (Å²) >= 11 is 0. The molecule has 0 aliphatic heterocycles. The van der Waals surface area contributed by atoms with E-state index in [0.29, 0.717) is 0 Å². The monoisotopic (exact) mass is 459 g/mol. The number of hydrogen-bond donors (Lipinski definition) is 1. The molecule has 0 spiro atoms. The number of fused-ring (bicyclic) bond motifs is 8. The number of benzene rings is 5. The van der Waals surface area contributed by atoms with Crippen molar-refractivity contribution in [3.05, 3.63) is 122 Å². The van der Waals surface area contributed by atoms with Crippen LogP contribution in [0.15, 0.2) is 122 Å². The fourth-order valence-electron chi connectivity index (χ4n) is 5.85. The van der Waals surface area contributed by atoms with Gasteiger partial charge in [-0.05, 0) is 58.3 Å². The molecule has 0 fully saturated rings. The van der Waals surface area contributed by atoms with Gasteiger partial charge in [0.15, 0.2) is 0 Å². The Kier molecular flexibility index (Phi) is 3.94. The predicted molar refractivity (Wildman–Crippen MR) is 151 cm³/mol. The highest BCUT2D eigenvalue weighted by molar-refractivity contribution is 6.24. The lowest BCUT2D eigenvalue weighted by atomic mass is 9.94. The fourth-order valence-corrected chi connectivity index (χ4v) is 5.85. The second-order valence-electron chi connectivity index (χ2n) is 9.36. The number of para-hydroxylation sites is 2. The summed E-state index contributed by atoms with van der Waals surface area (Å²) in [4.78, 5) is 8.05. The Morgan fingerprint density at radius 1 is 0.556 bits per heavy atom. The molecule has 3 nitrogen and oxygen atoms in total. The van der Waals surface area contributed by atoms with Crippen molar-refractivity contribution >= 4 is 54.4 Å². The van der Waals surface area contributed by atoms with Crippen molar-refractivity contribution in [3.8, 4) is 16.8 Å². The first-order valence-corrected chi connectivity index (χ1v) is 12.2. The molecule has 0 amide bonds. The summed E-state index contributed by atoms with van der Waals surface area (Å²) in [6.45, 7) is 0. The molecule has 5 aromatic carbocycles. The zero-order chi connectivity index (χ0) is 23.6. The van der Waals surface area contributed by atoms with Crippen molar-refractivity contribution in [2.24, 2.45) is 0 Å². The molecule has 0 bridgehead atoms.